The predicted molar refractivity (Wildman–Crippen MR) is 171 cm³/mol. The van der Waals surface area contributed by atoms with Crippen molar-refractivity contribution in [3.63, 3.8) is 0 Å². The quantitative estimate of drug-likeness (QED) is 0.214. The van der Waals surface area contributed by atoms with Crippen LogP contribution in [0.5, 0.6) is 0 Å². The Morgan fingerprint density at radius 3 is 2.38 bits per heavy atom. The predicted octanol–water partition coefficient (Wildman–Crippen LogP) is 7.64. The number of carbonyl (C=O) groups excluding carboxylic acids is 1. The van der Waals surface area contributed by atoms with Gasteiger partial charge in [0.2, 0.25) is 0 Å². The number of piperazine rings is 1. The fourth-order valence-electron chi connectivity index (χ4n) is 5.03. The third-order valence-electron chi connectivity index (χ3n) is 7.80. The fourth-order valence-corrected chi connectivity index (χ4v) is 5.30. The first-order valence-electron chi connectivity index (χ1n) is 15.2. The fraction of sp³-hybridized carbons (Fsp3) is 0.559. The molecule has 1 aromatic carbocycles. The summed E-state index contributed by atoms with van der Waals surface area (Å²) < 4.78 is 5.37. The molecule has 2 saturated heterocycles. The zero-order valence-electron chi connectivity index (χ0n) is 25.8. The first-order valence-corrected chi connectivity index (χ1v) is 15.6. The second-order valence-electron chi connectivity index (χ2n) is 10.3. The van der Waals surface area contributed by atoms with Gasteiger partial charge in [-0.05, 0) is 62.3 Å². The summed E-state index contributed by atoms with van der Waals surface area (Å²) in [6.07, 6.45) is 14.7. The Kier molecular flexibility index (Phi) is 15.4. The van der Waals surface area contributed by atoms with Crippen molar-refractivity contribution in [2.75, 3.05) is 39.8 Å². The molecule has 6 heteroatoms. The molecule has 5 nitrogen and oxygen atoms in total. The molecule has 3 aliphatic rings. The molecule has 0 spiro atoms. The van der Waals surface area contributed by atoms with Gasteiger partial charge in [0.25, 0.3) is 0 Å². The number of carbonyl (C=O) groups is 1. The minimum absolute atomic E-state index is 0.184. The van der Waals surface area contributed by atoms with Crippen LogP contribution < -0.4 is 0 Å². The topological polar surface area (TPSA) is 36.0 Å². The van der Waals surface area contributed by atoms with Gasteiger partial charge >= 0.3 is 0 Å². The van der Waals surface area contributed by atoms with Crippen LogP contribution in [0, 0.1) is 0 Å². The monoisotopic (exact) mass is 569 g/mol. The lowest BCUT2D eigenvalue weighted by atomic mass is 9.89. The molecule has 1 aliphatic carbocycles. The zero-order chi connectivity index (χ0) is 29.5. The van der Waals surface area contributed by atoms with Crippen LogP contribution in [-0.4, -0.2) is 73.0 Å². The molecule has 0 radical (unpaired) electrons. The van der Waals surface area contributed by atoms with E-state index in [9.17, 15) is 4.79 Å². The summed E-state index contributed by atoms with van der Waals surface area (Å²) in [4.78, 5) is 18.6. The Bertz CT molecular complexity index is 1020. The van der Waals surface area contributed by atoms with Gasteiger partial charge in [-0.2, -0.15) is 0 Å². The highest BCUT2D eigenvalue weighted by molar-refractivity contribution is 6.31. The normalized spacial score (nSPS) is 19.8. The van der Waals surface area contributed by atoms with E-state index in [-0.39, 0.29) is 6.04 Å². The Morgan fingerprint density at radius 2 is 1.85 bits per heavy atom. The molecule has 2 heterocycles. The van der Waals surface area contributed by atoms with Crippen molar-refractivity contribution in [3.05, 3.63) is 82.3 Å². The van der Waals surface area contributed by atoms with E-state index in [0.717, 1.165) is 74.7 Å². The molecule has 0 aromatic heterocycles. The van der Waals surface area contributed by atoms with Crippen LogP contribution in [0.2, 0.25) is 5.02 Å². The number of unbranched alkanes of at least 4 members (excludes halogenated alkanes) is 1. The number of halogens is 1. The molecule has 3 fully saturated rings. The zero-order valence-corrected chi connectivity index (χ0v) is 26.6. The van der Waals surface area contributed by atoms with Gasteiger partial charge in [0, 0.05) is 56.3 Å². The van der Waals surface area contributed by atoms with Crippen molar-refractivity contribution in [2.45, 2.75) is 85.3 Å². The molecule has 1 saturated carbocycles. The molecule has 0 bridgehead atoms. The van der Waals surface area contributed by atoms with Crippen molar-refractivity contribution in [1.29, 1.82) is 0 Å². The van der Waals surface area contributed by atoms with Gasteiger partial charge in [-0.1, -0.05) is 82.6 Å². The highest BCUT2D eigenvalue weighted by Gasteiger charge is 2.31. The van der Waals surface area contributed by atoms with E-state index < -0.39 is 0 Å². The van der Waals surface area contributed by atoms with E-state index in [2.05, 4.69) is 54.2 Å². The summed E-state index contributed by atoms with van der Waals surface area (Å²) >= 11 is 5.82. The number of hydrogen-bond donors (Lipinski definition) is 0. The first-order chi connectivity index (χ1) is 19.4. The maximum atomic E-state index is 11.6. The lowest BCUT2D eigenvalue weighted by molar-refractivity contribution is -0.106. The molecule has 0 N–H and O–H groups in total. The number of nitrogens with zero attached hydrogens (tertiary/aromatic N) is 3. The minimum Gasteiger partial charge on any atom is -0.379 e. The SMILES string of the molecule is C=C1C(C)N(C(/C=C/CN2CC(OC)C2)=C2CCC2)CCN1/C(C=O)=C\CCC.CC.CCc1ccccc1Cl. The molecule has 0 amide bonds. The summed E-state index contributed by atoms with van der Waals surface area (Å²) in [6.45, 7) is 19.5. The molecule has 4 rings (SSSR count). The summed E-state index contributed by atoms with van der Waals surface area (Å²) in [7, 11) is 1.79. The van der Waals surface area contributed by atoms with Crippen LogP contribution in [0.3, 0.4) is 0 Å². The van der Waals surface area contributed by atoms with Crippen molar-refractivity contribution < 1.29 is 9.53 Å². The highest BCUT2D eigenvalue weighted by atomic mass is 35.5. The van der Waals surface area contributed by atoms with Crippen molar-refractivity contribution >= 4 is 17.9 Å². The third-order valence-corrected chi connectivity index (χ3v) is 8.17. The molecule has 2 aliphatic heterocycles. The minimum atomic E-state index is 0.184. The maximum Gasteiger partial charge on any atom is 0.166 e. The number of benzene rings is 1. The van der Waals surface area contributed by atoms with E-state index in [1.165, 1.54) is 30.5 Å². The number of rotatable bonds is 10. The number of aryl methyl sites for hydroxylation is 1. The Labute approximate surface area is 249 Å². The largest absolute Gasteiger partial charge is 0.379 e. The van der Waals surface area contributed by atoms with Gasteiger partial charge in [0.15, 0.2) is 6.29 Å². The molecular formula is C34H52ClN3O2. The van der Waals surface area contributed by atoms with E-state index in [4.69, 9.17) is 16.3 Å². The average molecular weight is 570 g/mol. The van der Waals surface area contributed by atoms with Gasteiger partial charge in [0.1, 0.15) is 0 Å². The molecular weight excluding hydrogens is 518 g/mol. The lowest BCUT2D eigenvalue weighted by Gasteiger charge is -2.45. The number of allylic oxidation sites excluding steroid dienone is 4. The van der Waals surface area contributed by atoms with E-state index in [0.29, 0.717) is 6.10 Å². The standard InChI is InChI=1S/C24H37N3O2.C8H9Cl.C2H6/c1-5-6-11-22(18-28)26-14-15-27(20(3)19(26)2)24(21-9-7-10-21)12-8-13-25-16-23(17-25)29-4;1-2-7-5-3-4-6-8(7)9;1-2/h8,11-12,18,20,23H,2,5-7,9-10,13-17H2,1,3-4H3;3-6H,2H2,1H3;1-2H3/b12-8+,22-11-;;. The summed E-state index contributed by atoms with van der Waals surface area (Å²) in [5.74, 6) is 0. The van der Waals surface area contributed by atoms with E-state index in [1.807, 2.05) is 44.2 Å². The van der Waals surface area contributed by atoms with Crippen molar-refractivity contribution in [2.24, 2.45) is 0 Å². The Morgan fingerprint density at radius 1 is 1.15 bits per heavy atom. The lowest BCUT2D eigenvalue weighted by Crippen LogP contribution is -2.51. The van der Waals surface area contributed by atoms with Crippen LogP contribution in [-0.2, 0) is 16.0 Å². The second kappa shape index (κ2) is 18.2. The molecule has 222 valence electrons. The summed E-state index contributed by atoms with van der Waals surface area (Å²) in [5.41, 5.74) is 5.94. The Balaban J connectivity index is 0.000000428. The first kappa shape index (κ1) is 33.9. The van der Waals surface area contributed by atoms with Crippen LogP contribution in [0.15, 0.2) is 71.7 Å². The summed E-state index contributed by atoms with van der Waals surface area (Å²) in [5, 5.41) is 0.875. The number of hydrogen-bond acceptors (Lipinski definition) is 5. The van der Waals surface area contributed by atoms with Crippen molar-refractivity contribution in [1.82, 2.24) is 14.7 Å². The van der Waals surface area contributed by atoms with Gasteiger partial charge < -0.3 is 14.5 Å². The molecule has 40 heavy (non-hydrogen) atoms. The molecule has 1 atom stereocenters. The summed E-state index contributed by atoms with van der Waals surface area (Å²) in [6, 6.07) is 8.10. The Hall–Kier alpha value is -2.34. The van der Waals surface area contributed by atoms with E-state index >= 15 is 0 Å². The number of ether oxygens (including phenoxy) is 1. The average Bonchev–Trinajstić information content (AvgIpc) is 2.92. The number of likely N-dealkylation sites (tertiary alicyclic amines) is 1. The number of aldehydes is 1. The van der Waals surface area contributed by atoms with Gasteiger partial charge in [-0.3, -0.25) is 9.69 Å². The van der Waals surface area contributed by atoms with E-state index in [1.54, 1.807) is 12.7 Å². The highest BCUT2D eigenvalue weighted by Crippen LogP contribution is 2.35. The van der Waals surface area contributed by atoms with Crippen LogP contribution in [0.1, 0.15) is 72.3 Å². The maximum absolute atomic E-state index is 11.6. The second-order valence-corrected chi connectivity index (χ2v) is 10.7. The number of methoxy groups -OCH3 is 1. The van der Waals surface area contributed by atoms with Crippen molar-refractivity contribution in [3.8, 4) is 0 Å². The van der Waals surface area contributed by atoms with Gasteiger partial charge in [-0.15, -0.1) is 0 Å². The van der Waals surface area contributed by atoms with Crippen LogP contribution in [0.25, 0.3) is 0 Å². The van der Waals surface area contributed by atoms with Gasteiger partial charge in [0.05, 0.1) is 17.8 Å². The van der Waals surface area contributed by atoms with Gasteiger partial charge in [-0.25, -0.2) is 0 Å². The molecule has 1 aromatic rings. The smallest absolute Gasteiger partial charge is 0.166 e. The molecule has 1 unspecified atom stereocenters. The third kappa shape index (κ3) is 9.36. The van der Waals surface area contributed by atoms with Crippen LogP contribution >= 0.6 is 11.6 Å². The van der Waals surface area contributed by atoms with Crippen LogP contribution in [0.4, 0.5) is 0 Å².